The number of esters is 1. The summed E-state index contributed by atoms with van der Waals surface area (Å²) in [4.78, 5) is 26.7. The molecule has 0 saturated carbocycles. The van der Waals surface area contributed by atoms with Crippen LogP contribution in [-0.4, -0.2) is 30.0 Å². The molecule has 112 valence electrons. The molecule has 0 bridgehead atoms. The predicted molar refractivity (Wildman–Crippen MR) is 81.3 cm³/mol. The Kier molecular flexibility index (Phi) is 4.31. The lowest BCUT2D eigenvalue weighted by molar-refractivity contribution is -0.141. The van der Waals surface area contributed by atoms with E-state index in [4.69, 9.17) is 0 Å². The van der Waals surface area contributed by atoms with E-state index in [1.54, 1.807) is 13.0 Å². The molecule has 2 aromatic rings. The van der Waals surface area contributed by atoms with Crippen LogP contribution in [0.25, 0.3) is 10.9 Å². The second-order valence-corrected chi connectivity index (χ2v) is 5.29. The molecule has 0 saturated heterocycles. The van der Waals surface area contributed by atoms with E-state index in [-0.39, 0.29) is 24.3 Å². The summed E-state index contributed by atoms with van der Waals surface area (Å²) in [5.41, 5.74) is 3.84. The number of H-pyrrole nitrogens is 1. The van der Waals surface area contributed by atoms with Gasteiger partial charge in [0.15, 0.2) is 0 Å². The first-order valence-electron chi connectivity index (χ1n) is 6.89. The van der Waals surface area contributed by atoms with Crippen LogP contribution in [0.3, 0.4) is 0 Å². The van der Waals surface area contributed by atoms with E-state index < -0.39 is 0 Å². The van der Waals surface area contributed by atoms with Gasteiger partial charge in [0.1, 0.15) is 0 Å². The number of hydrogen-bond acceptors (Lipinski definition) is 3. The number of fused-ring (bicyclic) bond motifs is 1. The number of carbonyl (C=O) groups is 2. The van der Waals surface area contributed by atoms with E-state index in [2.05, 4.69) is 15.0 Å². The smallest absolute Gasteiger partial charge is 0.307 e. The van der Waals surface area contributed by atoms with Crippen molar-refractivity contribution in [1.82, 2.24) is 10.3 Å². The summed E-state index contributed by atoms with van der Waals surface area (Å²) < 4.78 is 4.59. The number of aromatic nitrogens is 1. The van der Waals surface area contributed by atoms with Crippen LogP contribution in [0.1, 0.15) is 35.0 Å². The van der Waals surface area contributed by atoms with Gasteiger partial charge in [-0.25, -0.2) is 0 Å². The minimum Gasteiger partial charge on any atom is -0.469 e. The first-order valence-corrected chi connectivity index (χ1v) is 6.89. The number of aryl methyl sites for hydroxylation is 2. The Hall–Kier alpha value is -2.30. The highest BCUT2D eigenvalue weighted by molar-refractivity contribution is 5.99. The van der Waals surface area contributed by atoms with Crippen LogP contribution >= 0.6 is 0 Å². The van der Waals surface area contributed by atoms with Gasteiger partial charge in [0.2, 0.25) is 0 Å². The molecule has 1 heterocycles. The lowest BCUT2D eigenvalue weighted by Crippen LogP contribution is -2.34. The molecule has 0 aliphatic carbocycles. The van der Waals surface area contributed by atoms with Gasteiger partial charge in [-0.15, -0.1) is 0 Å². The zero-order valence-corrected chi connectivity index (χ0v) is 12.7. The molecular formula is C16H20N2O3. The molecule has 21 heavy (non-hydrogen) atoms. The monoisotopic (exact) mass is 288 g/mol. The third-order valence-electron chi connectivity index (χ3n) is 3.65. The highest BCUT2D eigenvalue weighted by Crippen LogP contribution is 2.22. The Balaban J connectivity index is 2.16. The second-order valence-electron chi connectivity index (χ2n) is 5.29. The molecule has 5 nitrogen and oxygen atoms in total. The van der Waals surface area contributed by atoms with E-state index >= 15 is 0 Å². The van der Waals surface area contributed by atoms with Gasteiger partial charge in [-0.1, -0.05) is 0 Å². The fourth-order valence-electron chi connectivity index (χ4n) is 2.29. The van der Waals surface area contributed by atoms with Gasteiger partial charge in [0.05, 0.1) is 13.5 Å². The van der Waals surface area contributed by atoms with E-state index in [0.29, 0.717) is 5.56 Å². The molecule has 1 unspecified atom stereocenters. The Bertz CT molecular complexity index is 688. The summed E-state index contributed by atoms with van der Waals surface area (Å²) >= 11 is 0. The fraction of sp³-hybridized carbons (Fsp3) is 0.375. The number of nitrogens with one attached hydrogen (secondary N) is 2. The van der Waals surface area contributed by atoms with Gasteiger partial charge in [-0.05, 0) is 44.5 Å². The number of aromatic amines is 1. The van der Waals surface area contributed by atoms with Crippen LogP contribution in [0.5, 0.6) is 0 Å². The van der Waals surface area contributed by atoms with Gasteiger partial charge in [-0.3, -0.25) is 9.59 Å². The van der Waals surface area contributed by atoms with Crippen LogP contribution < -0.4 is 5.32 Å². The van der Waals surface area contributed by atoms with Crippen molar-refractivity contribution >= 4 is 22.8 Å². The lowest BCUT2D eigenvalue weighted by atomic mass is 10.1. The minimum atomic E-state index is -0.338. The molecule has 2 rings (SSSR count). The summed E-state index contributed by atoms with van der Waals surface area (Å²) in [7, 11) is 1.34. The maximum Gasteiger partial charge on any atom is 0.307 e. The number of amides is 1. The quantitative estimate of drug-likeness (QED) is 0.849. The van der Waals surface area contributed by atoms with Crippen LogP contribution in [0.15, 0.2) is 18.2 Å². The number of carbonyl (C=O) groups excluding carboxylic acids is 2. The molecule has 0 aliphatic rings. The molecule has 1 aromatic carbocycles. The highest BCUT2D eigenvalue weighted by Gasteiger charge is 2.14. The summed E-state index contributed by atoms with van der Waals surface area (Å²) in [5.74, 6) is -0.526. The van der Waals surface area contributed by atoms with E-state index in [1.165, 1.54) is 7.11 Å². The van der Waals surface area contributed by atoms with Crippen molar-refractivity contribution in [3.63, 3.8) is 0 Å². The number of methoxy groups -OCH3 is 1. The first kappa shape index (κ1) is 15.1. The molecule has 0 aliphatic heterocycles. The normalized spacial score (nSPS) is 12.2. The SMILES string of the molecule is COC(=O)CC(C)NC(=O)c1ccc2[nH]c(C)c(C)c2c1. The molecule has 0 spiro atoms. The molecule has 5 heteroatoms. The molecule has 1 aromatic heterocycles. The van der Waals surface area contributed by atoms with Crippen LogP contribution in [-0.2, 0) is 9.53 Å². The molecule has 0 fully saturated rings. The number of rotatable bonds is 4. The van der Waals surface area contributed by atoms with Crippen LogP contribution in [0.4, 0.5) is 0 Å². The van der Waals surface area contributed by atoms with E-state index in [0.717, 1.165) is 22.2 Å². The van der Waals surface area contributed by atoms with Gasteiger partial charge >= 0.3 is 5.97 Å². The Labute approximate surface area is 123 Å². The van der Waals surface area contributed by atoms with Crippen LogP contribution in [0.2, 0.25) is 0 Å². The van der Waals surface area contributed by atoms with Crippen molar-refractivity contribution in [2.75, 3.05) is 7.11 Å². The fourth-order valence-corrected chi connectivity index (χ4v) is 2.29. The Morgan fingerprint density at radius 3 is 2.71 bits per heavy atom. The summed E-state index contributed by atoms with van der Waals surface area (Å²) in [6, 6.07) is 5.27. The van der Waals surface area contributed by atoms with Crippen molar-refractivity contribution in [1.29, 1.82) is 0 Å². The van der Waals surface area contributed by atoms with Gasteiger partial charge in [0.25, 0.3) is 5.91 Å². The molecule has 0 radical (unpaired) electrons. The van der Waals surface area contributed by atoms with E-state index in [9.17, 15) is 9.59 Å². The van der Waals surface area contributed by atoms with E-state index in [1.807, 2.05) is 26.0 Å². The Morgan fingerprint density at radius 1 is 1.33 bits per heavy atom. The van der Waals surface area contributed by atoms with Gasteiger partial charge in [0, 0.05) is 28.2 Å². The molecule has 1 amide bonds. The summed E-state index contributed by atoms with van der Waals surface area (Å²) in [6.07, 6.45) is 0.159. The van der Waals surface area contributed by atoms with Crippen molar-refractivity contribution in [3.05, 3.63) is 35.0 Å². The average molecular weight is 288 g/mol. The van der Waals surface area contributed by atoms with Crippen LogP contribution in [0, 0.1) is 13.8 Å². The lowest BCUT2D eigenvalue weighted by Gasteiger charge is -2.12. The molecule has 2 N–H and O–H groups in total. The summed E-state index contributed by atoms with van der Waals surface area (Å²) in [6.45, 7) is 5.81. The zero-order chi connectivity index (χ0) is 15.6. The van der Waals surface area contributed by atoms with Crippen molar-refractivity contribution in [2.24, 2.45) is 0 Å². The maximum atomic E-state index is 12.2. The Morgan fingerprint density at radius 2 is 2.05 bits per heavy atom. The maximum absolute atomic E-state index is 12.2. The molecule has 1 atom stereocenters. The third-order valence-corrected chi connectivity index (χ3v) is 3.65. The number of ether oxygens (including phenoxy) is 1. The van der Waals surface area contributed by atoms with Gasteiger partial charge in [-0.2, -0.15) is 0 Å². The summed E-state index contributed by atoms with van der Waals surface area (Å²) in [5, 5.41) is 3.84. The third kappa shape index (κ3) is 3.24. The van der Waals surface area contributed by atoms with Crippen molar-refractivity contribution in [3.8, 4) is 0 Å². The minimum absolute atomic E-state index is 0.159. The zero-order valence-electron chi connectivity index (χ0n) is 12.7. The predicted octanol–water partition coefficient (Wildman–Crippen LogP) is 2.47. The average Bonchev–Trinajstić information content (AvgIpc) is 2.73. The molecular weight excluding hydrogens is 268 g/mol. The standard InChI is InChI=1S/C16H20N2O3/c1-9(7-15(19)21-4)17-16(20)12-5-6-14-13(8-12)10(2)11(3)18-14/h5-6,8-9,18H,7H2,1-4H3,(H,17,20). The largest absolute Gasteiger partial charge is 0.469 e. The number of benzene rings is 1. The van der Waals surface area contributed by atoms with Crippen molar-refractivity contribution < 1.29 is 14.3 Å². The second kappa shape index (κ2) is 5.99. The topological polar surface area (TPSA) is 71.2 Å². The van der Waals surface area contributed by atoms with Crippen molar-refractivity contribution in [2.45, 2.75) is 33.2 Å². The number of hydrogen-bond donors (Lipinski definition) is 2. The first-order chi connectivity index (χ1) is 9.92. The highest BCUT2D eigenvalue weighted by atomic mass is 16.5. The van der Waals surface area contributed by atoms with Gasteiger partial charge < -0.3 is 15.0 Å².